The van der Waals surface area contributed by atoms with Crippen LogP contribution < -0.4 is 10.5 Å². The van der Waals surface area contributed by atoms with Crippen LogP contribution >= 0.6 is 15.9 Å². The van der Waals surface area contributed by atoms with E-state index in [9.17, 15) is 0 Å². The van der Waals surface area contributed by atoms with Crippen LogP contribution in [0.5, 0.6) is 5.75 Å². The first-order chi connectivity index (χ1) is 9.60. The maximum absolute atomic E-state index is 6.06. The molecule has 1 aromatic carbocycles. The van der Waals surface area contributed by atoms with Crippen molar-refractivity contribution >= 4 is 15.9 Å². The summed E-state index contributed by atoms with van der Waals surface area (Å²) in [5, 5.41) is 0. The molecule has 0 aromatic heterocycles. The van der Waals surface area contributed by atoms with Crippen LogP contribution in [0.1, 0.15) is 38.7 Å². The molecule has 0 radical (unpaired) electrons. The van der Waals surface area contributed by atoms with Gasteiger partial charge in [-0.1, -0.05) is 19.1 Å². The third kappa shape index (κ3) is 4.21. The van der Waals surface area contributed by atoms with E-state index in [0.29, 0.717) is 12.7 Å². The van der Waals surface area contributed by atoms with Crippen LogP contribution in [-0.2, 0) is 11.2 Å². The summed E-state index contributed by atoms with van der Waals surface area (Å²) in [6, 6.07) is 6.31. The van der Waals surface area contributed by atoms with E-state index < -0.39 is 0 Å². The maximum atomic E-state index is 6.06. The van der Waals surface area contributed by atoms with Gasteiger partial charge in [0.25, 0.3) is 0 Å². The molecule has 112 valence electrons. The van der Waals surface area contributed by atoms with Gasteiger partial charge >= 0.3 is 0 Å². The van der Waals surface area contributed by atoms with Crippen molar-refractivity contribution in [2.24, 2.45) is 5.73 Å². The lowest BCUT2D eigenvalue weighted by Crippen LogP contribution is -2.23. The topological polar surface area (TPSA) is 44.5 Å². The van der Waals surface area contributed by atoms with E-state index in [1.165, 1.54) is 5.56 Å². The Balaban J connectivity index is 2.01. The van der Waals surface area contributed by atoms with E-state index in [1.807, 2.05) is 12.1 Å². The molecule has 0 bridgehead atoms. The molecule has 3 nitrogen and oxygen atoms in total. The molecular formula is C16H24BrNO2. The first kappa shape index (κ1) is 15.8. The quantitative estimate of drug-likeness (QED) is 0.858. The lowest BCUT2D eigenvalue weighted by Gasteiger charge is -2.18. The monoisotopic (exact) mass is 341 g/mol. The zero-order valence-electron chi connectivity index (χ0n) is 12.3. The number of para-hydroxylation sites is 1. The van der Waals surface area contributed by atoms with Crippen molar-refractivity contribution in [2.45, 2.75) is 57.8 Å². The summed E-state index contributed by atoms with van der Waals surface area (Å²) < 4.78 is 12.8. The van der Waals surface area contributed by atoms with Crippen molar-refractivity contribution in [1.29, 1.82) is 0 Å². The summed E-state index contributed by atoms with van der Waals surface area (Å²) in [7, 11) is 0. The summed E-state index contributed by atoms with van der Waals surface area (Å²) in [5.41, 5.74) is 7.23. The van der Waals surface area contributed by atoms with Crippen molar-refractivity contribution < 1.29 is 9.47 Å². The zero-order chi connectivity index (χ0) is 14.5. The number of nitrogens with two attached hydrogens (primary N) is 1. The number of rotatable bonds is 6. The molecule has 1 heterocycles. The molecule has 0 saturated carbocycles. The van der Waals surface area contributed by atoms with Gasteiger partial charge in [-0.3, -0.25) is 0 Å². The molecule has 1 saturated heterocycles. The molecule has 3 unspecified atom stereocenters. The Morgan fingerprint density at radius 2 is 2.25 bits per heavy atom. The van der Waals surface area contributed by atoms with Crippen LogP contribution in [0, 0.1) is 0 Å². The molecule has 3 atom stereocenters. The highest BCUT2D eigenvalue weighted by molar-refractivity contribution is 9.10. The molecule has 20 heavy (non-hydrogen) atoms. The first-order valence-corrected chi connectivity index (χ1v) is 8.20. The molecule has 1 fully saturated rings. The van der Waals surface area contributed by atoms with Gasteiger partial charge in [0.2, 0.25) is 0 Å². The van der Waals surface area contributed by atoms with E-state index in [2.05, 4.69) is 35.8 Å². The van der Waals surface area contributed by atoms with Gasteiger partial charge in [0, 0.05) is 6.04 Å². The predicted octanol–water partition coefficient (Wildman–Crippen LogP) is 3.68. The molecule has 2 rings (SSSR count). The summed E-state index contributed by atoms with van der Waals surface area (Å²) in [4.78, 5) is 0. The van der Waals surface area contributed by atoms with E-state index in [0.717, 1.165) is 35.9 Å². The maximum Gasteiger partial charge on any atom is 0.136 e. The second kappa shape index (κ2) is 7.43. The first-order valence-electron chi connectivity index (χ1n) is 7.41. The molecule has 1 aromatic rings. The summed E-state index contributed by atoms with van der Waals surface area (Å²) in [5.74, 6) is 0.916. The minimum absolute atomic E-state index is 0.175. The SMILES string of the molecule is CCC(N)Cc1cccc(Br)c1OCC1CCC(C)O1. The third-order valence-corrected chi connectivity index (χ3v) is 4.41. The van der Waals surface area contributed by atoms with Gasteiger partial charge in [-0.2, -0.15) is 0 Å². The standard InChI is InChI=1S/C16H24BrNO2/c1-3-13(18)9-12-5-4-6-15(17)16(12)19-10-14-8-7-11(2)20-14/h4-6,11,13-14H,3,7-10,18H2,1-2H3. The van der Waals surface area contributed by atoms with Gasteiger partial charge in [-0.15, -0.1) is 0 Å². The molecule has 0 aliphatic carbocycles. The Kier molecular flexibility index (Phi) is 5.87. The fourth-order valence-corrected chi connectivity index (χ4v) is 3.01. The predicted molar refractivity (Wildman–Crippen MR) is 85.2 cm³/mol. The lowest BCUT2D eigenvalue weighted by molar-refractivity contribution is 0.0261. The molecule has 2 N–H and O–H groups in total. The van der Waals surface area contributed by atoms with Crippen molar-refractivity contribution in [1.82, 2.24) is 0 Å². The van der Waals surface area contributed by atoms with E-state index in [1.54, 1.807) is 0 Å². The van der Waals surface area contributed by atoms with Crippen LogP contribution in [0.15, 0.2) is 22.7 Å². The fourth-order valence-electron chi connectivity index (χ4n) is 2.49. The van der Waals surface area contributed by atoms with Gasteiger partial charge in [0.15, 0.2) is 0 Å². The Morgan fingerprint density at radius 3 is 2.90 bits per heavy atom. The largest absolute Gasteiger partial charge is 0.489 e. The Morgan fingerprint density at radius 1 is 1.45 bits per heavy atom. The average molecular weight is 342 g/mol. The minimum atomic E-state index is 0.175. The number of ether oxygens (including phenoxy) is 2. The van der Waals surface area contributed by atoms with Crippen molar-refractivity contribution in [3.8, 4) is 5.75 Å². The zero-order valence-corrected chi connectivity index (χ0v) is 13.9. The van der Waals surface area contributed by atoms with Crippen LogP contribution in [0.3, 0.4) is 0 Å². The highest BCUT2D eigenvalue weighted by Gasteiger charge is 2.23. The van der Waals surface area contributed by atoms with Crippen molar-refractivity contribution in [3.63, 3.8) is 0 Å². The third-order valence-electron chi connectivity index (χ3n) is 3.79. The van der Waals surface area contributed by atoms with E-state index in [4.69, 9.17) is 15.2 Å². The van der Waals surface area contributed by atoms with Crippen molar-refractivity contribution in [3.05, 3.63) is 28.2 Å². The fraction of sp³-hybridized carbons (Fsp3) is 0.625. The molecule has 1 aliphatic rings. The summed E-state index contributed by atoms with van der Waals surface area (Å²) in [6.45, 7) is 4.84. The number of hydrogen-bond donors (Lipinski definition) is 1. The van der Waals surface area contributed by atoms with Gasteiger partial charge in [-0.25, -0.2) is 0 Å². The van der Waals surface area contributed by atoms with Crippen LogP contribution in [0.2, 0.25) is 0 Å². The number of hydrogen-bond acceptors (Lipinski definition) is 3. The van der Waals surface area contributed by atoms with E-state index >= 15 is 0 Å². The van der Waals surface area contributed by atoms with Gasteiger partial charge in [0.1, 0.15) is 12.4 Å². The number of halogens is 1. The van der Waals surface area contributed by atoms with Gasteiger partial charge < -0.3 is 15.2 Å². The molecule has 4 heteroatoms. The normalized spacial score (nSPS) is 23.8. The molecule has 1 aliphatic heterocycles. The second-order valence-corrected chi connectivity index (χ2v) is 6.41. The Bertz CT molecular complexity index is 438. The minimum Gasteiger partial charge on any atom is -0.489 e. The Hall–Kier alpha value is -0.580. The molecule has 0 spiro atoms. The van der Waals surface area contributed by atoms with Crippen molar-refractivity contribution in [2.75, 3.05) is 6.61 Å². The second-order valence-electron chi connectivity index (χ2n) is 5.56. The summed E-state index contributed by atoms with van der Waals surface area (Å²) >= 11 is 3.57. The highest BCUT2D eigenvalue weighted by Crippen LogP contribution is 2.31. The molecular weight excluding hydrogens is 318 g/mol. The van der Waals surface area contributed by atoms with Crippen LogP contribution in [0.25, 0.3) is 0 Å². The van der Waals surface area contributed by atoms with Gasteiger partial charge in [0.05, 0.1) is 16.7 Å². The van der Waals surface area contributed by atoms with E-state index in [-0.39, 0.29) is 12.1 Å². The lowest BCUT2D eigenvalue weighted by atomic mass is 10.0. The van der Waals surface area contributed by atoms with Crippen LogP contribution in [0.4, 0.5) is 0 Å². The summed E-state index contributed by atoms with van der Waals surface area (Å²) in [6.07, 6.45) is 4.58. The number of benzene rings is 1. The average Bonchev–Trinajstić information content (AvgIpc) is 2.83. The highest BCUT2D eigenvalue weighted by atomic mass is 79.9. The Labute approximate surface area is 130 Å². The smallest absolute Gasteiger partial charge is 0.136 e. The van der Waals surface area contributed by atoms with Gasteiger partial charge in [-0.05, 0) is 60.2 Å². The molecule has 0 amide bonds. The van der Waals surface area contributed by atoms with Crippen LogP contribution in [-0.4, -0.2) is 24.9 Å².